The molecule has 0 bridgehead atoms. The van der Waals surface area contributed by atoms with Crippen molar-refractivity contribution in [3.63, 3.8) is 0 Å². The molecule has 1 heteroatoms. The first-order chi connectivity index (χ1) is 5.77. The molecule has 0 aliphatic carbocycles. The van der Waals surface area contributed by atoms with E-state index in [2.05, 4.69) is 48.0 Å². The monoisotopic (exact) mass is 226 g/mol. The Balaban J connectivity index is 2.87. The Morgan fingerprint density at radius 3 is 2.58 bits per heavy atom. The molecule has 1 rings (SSSR count). The zero-order valence-electron chi connectivity index (χ0n) is 7.73. The molecule has 0 fully saturated rings. The third kappa shape index (κ3) is 2.34. The molecule has 0 saturated carbocycles. The van der Waals surface area contributed by atoms with Gasteiger partial charge in [-0.05, 0) is 30.0 Å². The van der Waals surface area contributed by atoms with Crippen LogP contribution in [0.1, 0.15) is 30.0 Å². The Hall–Kier alpha value is -0.300. The van der Waals surface area contributed by atoms with Gasteiger partial charge in [0.05, 0.1) is 0 Å². The lowest BCUT2D eigenvalue weighted by Crippen LogP contribution is -1.89. The maximum Gasteiger partial charge on any atom is 0.0283 e. The maximum atomic E-state index is 3.46. The van der Waals surface area contributed by atoms with E-state index in [1.54, 1.807) is 0 Å². The molecule has 0 unspecified atom stereocenters. The van der Waals surface area contributed by atoms with Crippen LogP contribution in [0, 0.1) is 6.92 Å². The van der Waals surface area contributed by atoms with E-state index in [1.807, 2.05) is 0 Å². The summed E-state index contributed by atoms with van der Waals surface area (Å²) in [4.78, 5) is 0. The second kappa shape index (κ2) is 4.66. The molecule has 0 atom stereocenters. The van der Waals surface area contributed by atoms with E-state index in [0.717, 1.165) is 5.33 Å². The predicted octanol–water partition coefficient (Wildman–Crippen LogP) is 3.84. The number of hydrogen-bond acceptors (Lipinski definition) is 0. The molecular formula is C11H15Br. The minimum absolute atomic E-state index is 0.959. The van der Waals surface area contributed by atoms with E-state index in [-0.39, 0.29) is 0 Å². The minimum Gasteiger partial charge on any atom is -0.0876 e. The second-order valence-electron chi connectivity index (χ2n) is 3.14. The average molecular weight is 227 g/mol. The van der Waals surface area contributed by atoms with Crippen LogP contribution < -0.4 is 0 Å². The Labute approximate surface area is 83.1 Å². The van der Waals surface area contributed by atoms with Gasteiger partial charge in [0.1, 0.15) is 0 Å². The zero-order valence-corrected chi connectivity index (χ0v) is 9.32. The fourth-order valence-corrected chi connectivity index (χ4v) is 1.74. The van der Waals surface area contributed by atoms with Gasteiger partial charge in [0, 0.05) is 5.33 Å². The SMILES string of the molecule is CCCc1ccc(CBr)cc1C. The van der Waals surface area contributed by atoms with Crippen molar-refractivity contribution >= 4 is 15.9 Å². The molecule has 1 aromatic carbocycles. The van der Waals surface area contributed by atoms with Gasteiger partial charge in [-0.15, -0.1) is 0 Å². The Kier molecular flexibility index (Phi) is 3.80. The van der Waals surface area contributed by atoms with Crippen molar-refractivity contribution in [1.29, 1.82) is 0 Å². The molecular weight excluding hydrogens is 212 g/mol. The summed E-state index contributed by atoms with van der Waals surface area (Å²) >= 11 is 3.46. The average Bonchev–Trinajstić information content (AvgIpc) is 2.09. The van der Waals surface area contributed by atoms with Gasteiger partial charge in [0.2, 0.25) is 0 Å². The molecule has 0 spiro atoms. The van der Waals surface area contributed by atoms with Crippen LogP contribution in [0.5, 0.6) is 0 Å². The highest BCUT2D eigenvalue weighted by Gasteiger charge is 1.97. The second-order valence-corrected chi connectivity index (χ2v) is 3.71. The van der Waals surface area contributed by atoms with Crippen molar-refractivity contribution in [3.05, 3.63) is 34.9 Å². The summed E-state index contributed by atoms with van der Waals surface area (Å²) in [5, 5.41) is 0.959. The van der Waals surface area contributed by atoms with Gasteiger partial charge in [0.15, 0.2) is 0 Å². The highest BCUT2D eigenvalue weighted by Crippen LogP contribution is 2.14. The first-order valence-corrected chi connectivity index (χ1v) is 5.54. The van der Waals surface area contributed by atoms with Crippen LogP contribution in [0.15, 0.2) is 18.2 Å². The number of aryl methyl sites for hydroxylation is 2. The van der Waals surface area contributed by atoms with Gasteiger partial charge < -0.3 is 0 Å². The summed E-state index contributed by atoms with van der Waals surface area (Å²) in [6, 6.07) is 6.71. The number of alkyl halides is 1. The lowest BCUT2D eigenvalue weighted by atomic mass is 10.0. The Morgan fingerprint density at radius 1 is 1.33 bits per heavy atom. The molecule has 12 heavy (non-hydrogen) atoms. The van der Waals surface area contributed by atoms with Crippen molar-refractivity contribution in [2.45, 2.75) is 32.0 Å². The van der Waals surface area contributed by atoms with Crippen LogP contribution in [-0.2, 0) is 11.8 Å². The van der Waals surface area contributed by atoms with Crippen LogP contribution in [-0.4, -0.2) is 0 Å². The number of halogens is 1. The van der Waals surface area contributed by atoms with Gasteiger partial charge in [-0.1, -0.05) is 47.5 Å². The molecule has 0 N–H and O–H groups in total. The standard InChI is InChI=1S/C11H15Br/c1-3-4-11-6-5-10(8-12)7-9(11)2/h5-7H,3-4,8H2,1-2H3. The molecule has 0 amide bonds. The highest BCUT2D eigenvalue weighted by molar-refractivity contribution is 9.08. The highest BCUT2D eigenvalue weighted by atomic mass is 79.9. The summed E-state index contributed by atoms with van der Waals surface area (Å²) in [6.07, 6.45) is 2.43. The quantitative estimate of drug-likeness (QED) is 0.688. The predicted molar refractivity (Wildman–Crippen MR) is 57.8 cm³/mol. The Morgan fingerprint density at radius 2 is 2.08 bits per heavy atom. The van der Waals surface area contributed by atoms with Crippen molar-refractivity contribution < 1.29 is 0 Å². The third-order valence-corrected chi connectivity index (χ3v) is 2.73. The number of hydrogen-bond donors (Lipinski definition) is 0. The number of rotatable bonds is 3. The largest absolute Gasteiger partial charge is 0.0876 e. The summed E-state index contributed by atoms with van der Waals surface area (Å²) < 4.78 is 0. The van der Waals surface area contributed by atoms with Gasteiger partial charge in [-0.25, -0.2) is 0 Å². The van der Waals surface area contributed by atoms with Crippen molar-refractivity contribution in [1.82, 2.24) is 0 Å². The van der Waals surface area contributed by atoms with Crippen LogP contribution >= 0.6 is 15.9 Å². The molecule has 0 aliphatic rings. The lowest BCUT2D eigenvalue weighted by molar-refractivity contribution is 0.911. The summed E-state index contributed by atoms with van der Waals surface area (Å²) in [6.45, 7) is 4.41. The fourth-order valence-electron chi connectivity index (χ4n) is 1.39. The first kappa shape index (κ1) is 9.79. The fraction of sp³-hybridized carbons (Fsp3) is 0.455. The van der Waals surface area contributed by atoms with Crippen LogP contribution in [0.3, 0.4) is 0 Å². The summed E-state index contributed by atoms with van der Waals surface area (Å²) in [7, 11) is 0. The topological polar surface area (TPSA) is 0 Å². The first-order valence-electron chi connectivity index (χ1n) is 4.42. The molecule has 0 nitrogen and oxygen atoms in total. The van der Waals surface area contributed by atoms with Gasteiger partial charge in [-0.3, -0.25) is 0 Å². The smallest absolute Gasteiger partial charge is 0.0283 e. The van der Waals surface area contributed by atoms with Crippen molar-refractivity contribution in [3.8, 4) is 0 Å². The lowest BCUT2D eigenvalue weighted by Gasteiger charge is -2.05. The molecule has 0 heterocycles. The van der Waals surface area contributed by atoms with Crippen LogP contribution in [0.4, 0.5) is 0 Å². The molecule has 66 valence electrons. The van der Waals surface area contributed by atoms with Crippen LogP contribution in [0.2, 0.25) is 0 Å². The van der Waals surface area contributed by atoms with E-state index in [1.165, 1.54) is 29.5 Å². The normalized spacial score (nSPS) is 10.2. The zero-order chi connectivity index (χ0) is 8.97. The van der Waals surface area contributed by atoms with E-state index in [4.69, 9.17) is 0 Å². The van der Waals surface area contributed by atoms with E-state index in [0.29, 0.717) is 0 Å². The molecule has 0 saturated heterocycles. The van der Waals surface area contributed by atoms with Crippen LogP contribution in [0.25, 0.3) is 0 Å². The third-order valence-electron chi connectivity index (χ3n) is 2.08. The molecule has 0 radical (unpaired) electrons. The minimum atomic E-state index is 0.959. The van der Waals surface area contributed by atoms with Crippen molar-refractivity contribution in [2.75, 3.05) is 0 Å². The van der Waals surface area contributed by atoms with E-state index >= 15 is 0 Å². The molecule has 1 aromatic rings. The maximum absolute atomic E-state index is 3.46. The van der Waals surface area contributed by atoms with Gasteiger partial charge in [0.25, 0.3) is 0 Å². The van der Waals surface area contributed by atoms with E-state index in [9.17, 15) is 0 Å². The Bertz CT molecular complexity index is 253. The van der Waals surface area contributed by atoms with Gasteiger partial charge >= 0.3 is 0 Å². The molecule has 0 aliphatic heterocycles. The van der Waals surface area contributed by atoms with Gasteiger partial charge in [-0.2, -0.15) is 0 Å². The molecule has 0 aromatic heterocycles. The van der Waals surface area contributed by atoms with E-state index < -0.39 is 0 Å². The summed E-state index contributed by atoms with van der Waals surface area (Å²) in [5.41, 5.74) is 4.28. The summed E-state index contributed by atoms with van der Waals surface area (Å²) in [5.74, 6) is 0. The van der Waals surface area contributed by atoms with Crippen molar-refractivity contribution in [2.24, 2.45) is 0 Å². The number of benzene rings is 1.